The second-order valence-corrected chi connectivity index (χ2v) is 20.7. The SMILES string of the molecule is CCn1c(-c2cc(C3(C)CCN(C4CC4)CC3)cnc2[C@H](C)OC)c2c3cc(ccc31)-c1cc(O)cc(c1)C[C@H](NC(=O)OC(C)(C)C)C(=O)N1CCC[C@H](N1)C(=O)OCC(C)(C)C2. The van der Waals surface area contributed by atoms with Crippen molar-refractivity contribution in [1.82, 2.24) is 30.2 Å². The number of nitrogens with one attached hydrogen (secondary N) is 2. The third kappa shape index (κ3) is 9.67. The molecule has 8 rings (SSSR count). The number of cyclic esters (lactones) is 1. The number of fused-ring (bicyclic) bond motifs is 6. The molecular formula is C51H68N6O7. The lowest BCUT2D eigenvalue weighted by molar-refractivity contribution is -0.155. The van der Waals surface area contributed by atoms with Gasteiger partial charge in [-0.2, -0.15) is 0 Å². The summed E-state index contributed by atoms with van der Waals surface area (Å²) >= 11 is 0. The summed E-state index contributed by atoms with van der Waals surface area (Å²) in [5, 5.41) is 16.5. The molecule has 3 fully saturated rings. The van der Waals surface area contributed by atoms with Crippen molar-refractivity contribution < 1.29 is 33.7 Å². The van der Waals surface area contributed by atoms with Gasteiger partial charge in [0, 0.05) is 60.7 Å². The van der Waals surface area contributed by atoms with Crippen LogP contribution in [0.4, 0.5) is 4.79 Å². The van der Waals surface area contributed by atoms with Crippen LogP contribution in [0.15, 0.2) is 48.7 Å². The number of phenolic OH excluding ortho intramolecular Hbond substituents is 1. The molecule has 1 saturated carbocycles. The van der Waals surface area contributed by atoms with Gasteiger partial charge in [-0.25, -0.2) is 10.2 Å². The Hall–Kier alpha value is -4.98. The number of aryl methyl sites for hydroxylation is 1. The van der Waals surface area contributed by atoms with E-state index in [1.54, 1.807) is 40.0 Å². The van der Waals surface area contributed by atoms with Crippen LogP contribution in [0.5, 0.6) is 5.75 Å². The zero-order valence-corrected chi connectivity index (χ0v) is 39.3. The van der Waals surface area contributed by atoms with E-state index >= 15 is 0 Å². The van der Waals surface area contributed by atoms with Crippen molar-refractivity contribution in [2.75, 3.05) is 33.4 Å². The van der Waals surface area contributed by atoms with Gasteiger partial charge in [0.2, 0.25) is 0 Å². The van der Waals surface area contributed by atoms with Gasteiger partial charge < -0.3 is 34.1 Å². The molecule has 3 atom stereocenters. The number of piperidine rings is 1. The molecular weight excluding hydrogens is 809 g/mol. The van der Waals surface area contributed by atoms with E-state index in [0.717, 1.165) is 76.5 Å². The Morgan fingerprint density at radius 2 is 1.78 bits per heavy atom. The molecule has 2 aromatic carbocycles. The Morgan fingerprint density at radius 3 is 2.47 bits per heavy atom. The number of carbonyl (C=O) groups excluding carboxylic acids is 3. The van der Waals surface area contributed by atoms with E-state index in [1.807, 2.05) is 6.07 Å². The topological polar surface area (TPSA) is 147 Å². The highest BCUT2D eigenvalue weighted by Gasteiger charge is 2.40. The minimum Gasteiger partial charge on any atom is -0.508 e. The van der Waals surface area contributed by atoms with E-state index in [9.17, 15) is 19.5 Å². The number of amides is 2. The number of alkyl carbamates (subject to hydrolysis) is 1. The van der Waals surface area contributed by atoms with Crippen molar-refractivity contribution in [1.29, 1.82) is 0 Å². The Labute approximate surface area is 378 Å². The lowest BCUT2D eigenvalue weighted by atomic mass is 9.74. The summed E-state index contributed by atoms with van der Waals surface area (Å²) in [6.07, 6.45) is 7.51. The molecule has 0 radical (unpaired) electrons. The summed E-state index contributed by atoms with van der Waals surface area (Å²) in [6.45, 7) is 19.5. The molecule has 4 aliphatic rings. The summed E-state index contributed by atoms with van der Waals surface area (Å²) in [6, 6.07) is 13.0. The number of likely N-dealkylation sites (tertiary alicyclic amines) is 1. The smallest absolute Gasteiger partial charge is 0.408 e. The highest BCUT2D eigenvalue weighted by molar-refractivity contribution is 5.95. The summed E-state index contributed by atoms with van der Waals surface area (Å²) in [4.78, 5) is 49.3. The number of nitrogens with zero attached hydrogens (tertiary/aromatic N) is 4. The summed E-state index contributed by atoms with van der Waals surface area (Å²) in [5.74, 6) is -0.823. The van der Waals surface area contributed by atoms with Crippen LogP contribution in [0.3, 0.4) is 0 Å². The number of carbonyl (C=O) groups is 3. The van der Waals surface area contributed by atoms with Crippen LogP contribution in [0.2, 0.25) is 0 Å². The molecule has 5 heterocycles. The van der Waals surface area contributed by atoms with Gasteiger partial charge >= 0.3 is 12.1 Å². The highest BCUT2D eigenvalue weighted by atomic mass is 16.6. The molecule has 6 bridgehead atoms. The zero-order valence-electron chi connectivity index (χ0n) is 39.3. The summed E-state index contributed by atoms with van der Waals surface area (Å²) in [7, 11) is 1.73. The summed E-state index contributed by atoms with van der Waals surface area (Å²) < 4.78 is 20.2. The number of hydrogen-bond donors (Lipinski definition) is 3. The molecule has 344 valence electrons. The molecule has 2 saturated heterocycles. The second-order valence-electron chi connectivity index (χ2n) is 20.7. The quantitative estimate of drug-likeness (QED) is 0.155. The number of aromatic hydroxyl groups is 1. The van der Waals surface area contributed by atoms with E-state index in [2.05, 4.69) is 85.3 Å². The van der Waals surface area contributed by atoms with Crippen LogP contribution < -0.4 is 10.7 Å². The van der Waals surface area contributed by atoms with Gasteiger partial charge in [-0.1, -0.05) is 32.9 Å². The predicted molar refractivity (Wildman–Crippen MR) is 248 cm³/mol. The van der Waals surface area contributed by atoms with Gasteiger partial charge in [0.25, 0.3) is 5.91 Å². The highest BCUT2D eigenvalue weighted by Crippen LogP contribution is 2.45. The Balaban J connectivity index is 1.28. The van der Waals surface area contributed by atoms with Crippen LogP contribution >= 0.6 is 0 Å². The first-order chi connectivity index (χ1) is 30.3. The van der Waals surface area contributed by atoms with E-state index < -0.39 is 41.1 Å². The van der Waals surface area contributed by atoms with Crippen LogP contribution in [0.1, 0.15) is 122 Å². The number of hydrogen-bond acceptors (Lipinski definition) is 10. The van der Waals surface area contributed by atoms with Gasteiger partial charge in [-0.05, 0) is 156 Å². The maximum Gasteiger partial charge on any atom is 0.408 e. The molecule has 3 N–H and O–H groups in total. The lowest BCUT2D eigenvalue weighted by Gasteiger charge is -2.40. The zero-order chi connectivity index (χ0) is 45.7. The van der Waals surface area contributed by atoms with Crippen molar-refractivity contribution >= 4 is 28.9 Å². The monoisotopic (exact) mass is 877 g/mol. The number of ether oxygens (including phenoxy) is 3. The fourth-order valence-electron chi connectivity index (χ4n) is 10.0. The first-order valence-corrected chi connectivity index (χ1v) is 23.3. The van der Waals surface area contributed by atoms with Crippen molar-refractivity contribution in [2.24, 2.45) is 5.41 Å². The number of aromatic nitrogens is 2. The molecule has 2 amide bonds. The maximum absolute atomic E-state index is 14.3. The van der Waals surface area contributed by atoms with Crippen molar-refractivity contribution in [3.63, 3.8) is 0 Å². The number of phenols is 1. The molecule has 0 spiro atoms. The second kappa shape index (κ2) is 17.8. The fourth-order valence-corrected chi connectivity index (χ4v) is 10.0. The molecule has 2 aromatic heterocycles. The van der Waals surface area contributed by atoms with Gasteiger partial charge in [-0.15, -0.1) is 0 Å². The number of benzene rings is 2. The van der Waals surface area contributed by atoms with Crippen molar-refractivity contribution in [3.8, 4) is 28.1 Å². The van der Waals surface area contributed by atoms with Gasteiger partial charge in [0.1, 0.15) is 23.4 Å². The molecule has 3 aliphatic heterocycles. The average molecular weight is 877 g/mol. The standard InChI is InChI=1S/C51H68N6O7/c1-10-56-43-16-13-33-26-38(43)40(45(56)39-27-35(29-52-44(39)31(2)62-9)51(8)17-20-55(21-18-51)36-14-15-36)28-50(6,7)30-63-47(60)41-12-11-19-57(54-41)46(59)42(53-48(61)64-49(3,4)5)24-32-22-34(33)25-37(58)23-32/h13,16,22-23,25-27,29,31,36,41-42,54,58H,10-12,14-15,17-21,24,28,30H2,1-9H3,(H,53,61)/t31-,41-,42-/m0/s1. The molecule has 64 heavy (non-hydrogen) atoms. The Morgan fingerprint density at radius 1 is 1.03 bits per heavy atom. The summed E-state index contributed by atoms with van der Waals surface area (Å²) in [5.41, 5.74) is 10.5. The minimum absolute atomic E-state index is 0.0315. The fraction of sp³-hybridized carbons (Fsp3) is 0.569. The van der Waals surface area contributed by atoms with E-state index in [1.165, 1.54) is 23.4 Å². The van der Waals surface area contributed by atoms with Gasteiger partial charge in [-0.3, -0.25) is 19.6 Å². The number of rotatable bonds is 7. The molecule has 1 aliphatic carbocycles. The van der Waals surface area contributed by atoms with Crippen LogP contribution in [0, 0.1) is 5.41 Å². The van der Waals surface area contributed by atoms with Crippen molar-refractivity contribution in [3.05, 3.63) is 71.0 Å². The average Bonchev–Trinajstić information content (AvgIpc) is 4.06. The largest absolute Gasteiger partial charge is 0.508 e. The number of methoxy groups -OCH3 is 1. The predicted octanol–water partition coefficient (Wildman–Crippen LogP) is 8.38. The Bertz CT molecular complexity index is 2410. The van der Waals surface area contributed by atoms with E-state index in [-0.39, 0.29) is 30.3 Å². The lowest BCUT2D eigenvalue weighted by Crippen LogP contribution is -2.60. The molecule has 13 nitrogen and oxygen atoms in total. The third-order valence-corrected chi connectivity index (χ3v) is 13.8. The molecule has 4 aromatic rings. The van der Waals surface area contributed by atoms with Crippen LogP contribution in [0.25, 0.3) is 33.3 Å². The minimum atomic E-state index is -1.07. The van der Waals surface area contributed by atoms with E-state index in [4.69, 9.17) is 19.2 Å². The maximum atomic E-state index is 14.3. The van der Waals surface area contributed by atoms with Crippen LogP contribution in [-0.2, 0) is 48.6 Å². The third-order valence-electron chi connectivity index (χ3n) is 13.8. The number of pyridine rings is 1. The molecule has 0 unspecified atom stereocenters. The number of hydrazine groups is 1. The Kier molecular flexibility index (Phi) is 12.7. The van der Waals surface area contributed by atoms with Crippen LogP contribution in [-0.4, -0.2) is 99.6 Å². The van der Waals surface area contributed by atoms with Gasteiger partial charge in [0.15, 0.2) is 0 Å². The first kappa shape index (κ1) is 45.6. The van der Waals surface area contributed by atoms with Gasteiger partial charge in [0.05, 0.1) is 24.1 Å². The number of esters is 1. The first-order valence-electron chi connectivity index (χ1n) is 23.3. The normalized spacial score (nSPS) is 22.4. The van der Waals surface area contributed by atoms with Crippen molar-refractivity contribution in [2.45, 2.75) is 149 Å². The van der Waals surface area contributed by atoms with E-state index in [0.29, 0.717) is 37.9 Å². The molecule has 13 heteroatoms.